The van der Waals surface area contributed by atoms with Gasteiger partial charge >= 0.3 is 35.6 Å². The number of hydrogen-bond donors (Lipinski definition) is 1. The monoisotopic (exact) mass is 381 g/mol. The second-order valence-electron chi connectivity index (χ2n) is 5.26. The molecule has 12 heteroatoms. The normalized spacial score (nSPS) is 27.1. The second-order valence-corrected chi connectivity index (χ2v) is 5.26. The summed E-state index contributed by atoms with van der Waals surface area (Å²) in [5, 5.41) is 1.27. The molecular formula is C13H8F9NO2. The van der Waals surface area contributed by atoms with Crippen molar-refractivity contribution in [3.8, 4) is 0 Å². The Morgan fingerprint density at radius 1 is 0.960 bits per heavy atom. The fourth-order valence-electron chi connectivity index (χ4n) is 1.94. The van der Waals surface area contributed by atoms with Gasteiger partial charge < -0.3 is 5.32 Å². The van der Waals surface area contributed by atoms with Gasteiger partial charge in [0.15, 0.2) is 0 Å². The summed E-state index contributed by atoms with van der Waals surface area (Å²) in [5.74, 6) is -28.5. The standard InChI is InChI=1S/C13H8F9NO2/c1-6-2-4-7(5-3-6)23-8(24)9(14,15)12(20)10(16,17)11(18,19)13(21,22)25-12/h2-5H,1H3,(H,23,24)/t12-/m1/s1. The number of ether oxygens (including phenoxy) is 1. The van der Waals surface area contributed by atoms with Crippen LogP contribution in [0.1, 0.15) is 5.56 Å². The summed E-state index contributed by atoms with van der Waals surface area (Å²) in [7, 11) is 0. The molecule has 1 saturated heterocycles. The van der Waals surface area contributed by atoms with Crippen LogP contribution in [0.2, 0.25) is 0 Å². The van der Waals surface area contributed by atoms with Crippen molar-refractivity contribution in [1.29, 1.82) is 0 Å². The van der Waals surface area contributed by atoms with E-state index in [1.165, 1.54) is 17.4 Å². The largest absolute Gasteiger partial charge is 0.428 e. The van der Waals surface area contributed by atoms with Gasteiger partial charge in [0.05, 0.1) is 0 Å². The molecule has 25 heavy (non-hydrogen) atoms. The van der Waals surface area contributed by atoms with Crippen molar-refractivity contribution in [3.05, 3.63) is 29.8 Å². The van der Waals surface area contributed by atoms with Crippen molar-refractivity contribution < 1.29 is 49.0 Å². The fraction of sp³-hybridized carbons (Fsp3) is 0.462. The molecule has 3 nitrogen and oxygen atoms in total. The van der Waals surface area contributed by atoms with Crippen LogP contribution in [0.5, 0.6) is 0 Å². The summed E-state index contributed by atoms with van der Waals surface area (Å²) in [6, 6.07) is 4.57. The summed E-state index contributed by atoms with van der Waals surface area (Å²) in [5.41, 5.74) is 0.148. The van der Waals surface area contributed by atoms with E-state index >= 15 is 0 Å². The van der Waals surface area contributed by atoms with Crippen LogP contribution in [0.3, 0.4) is 0 Å². The molecule has 1 aromatic carbocycles. The van der Waals surface area contributed by atoms with E-state index in [4.69, 9.17) is 0 Å². The predicted molar refractivity (Wildman–Crippen MR) is 64.5 cm³/mol. The first-order valence-corrected chi connectivity index (χ1v) is 6.38. The Balaban J connectivity index is 2.40. The van der Waals surface area contributed by atoms with E-state index in [-0.39, 0.29) is 0 Å². The Hall–Kier alpha value is -1.98. The molecule has 0 bridgehead atoms. The molecule has 0 aliphatic carbocycles. The second kappa shape index (κ2) is 5.26. The Morgan fingerprint density at radius 2 is 1.44 bits per heavy atom. The van der Waals surface area contributed by atoms with Crippen LogP contribution in [0, 0.1) is 6.92 Å². The van der Waals surface area contributed by atoms with Gasteiger partial charge in [-0.05, 0) is 19.1 Å². The SMILES string of the molecule is Cc1ccc(NC(=O)C(F)(F)[C@@]2(F)OC(F)(F)C(F)(F)C2(F)F)cc1. The van der Waals surface area contributed by atoms with Crippen molar-refractivity contribution >= 4 is 11.6 Å². The topological polar surface area (TPSA) is 38.3 Å². The van der Waals surface area contributed by atoms with Crippen LogP contribution in [-0.4, -0.2) is 35.6 Å². The number of alkyl halides is 9. The number of carbonyl (C=O) groups is 1. The Morgan fingerprint density at radius 3 is 1.84 bits per heavy atom. The Labute approximate surface area is 133 Å². The van der Waals surface area contributed by atoms with E-state index < -0.39 is 41.3 Å². The lowest BCUT2D eigenvalue weighted by Gasteiger charge is -2.31. The number of carbonyl (C=O) groups excluding carboxylic acids is 1. The predicted octanol–water partition coefficient (Wildman–Crippen LogP) is 4.13. The first kappa shape index (κ1) is 19.3. The molecule has 0 spiro atoms. The Kier molecular flexibility index (Phi) is 4.07. The quantitative estimate of drug-likeness (QED) is 0.800. The zero-order chi connectivity index (χ0) is 19.5. The number of amides is 1. The molecule has 140 valence electrons. The van der Waals surface area contributed by atoms with Crippen molar-refractivity contribution in [2.45, 2.75) is 36.7 Å². The van der Waals surface area contributed by atoms with Crippen LogP contribution in [0.4, 0.5) is 45.2 Å². The van der Waals surface area contributed by atoms with Gasteiger partial charge in [-0.1, -0.05) is 17.7 Å². The van der Waals surface area contributed by atoms with Crippen molar-refractivity contribution in [2.75, 3.05) is 5.32 Å². The van der Waals surface area contributed by atoms with Crippen LogP contribution in [-0.2, 0) is 9.53 Å². The summed E-state index contributed by atoms with van der Waals surface area (Å²) >= 11 is 0. The highest BCUT2D eigenvalue weighted by molar-refractivity contribution is 5.97. The smallest absolute Gasteiger partial charge is 0.321 e. The molecule has 2 rings (SSSR count). The zero-order valence-corrected chi connectivity index (χ0v) is 12.0. The van der Waals surface area contributed by atoms with Gasteiger partial charge in [0.2, 0.25) is 0 Å². The molecule has 0 saturated carbocycles. The van der Waals surface area contributed by atoms with E-state index in [0.717, 1.165) is 12.1 Å². The minimum Gasteiger partial charge on any atom is -0.321 e. The molecule has 1 fully saturated rings. The van der Waals surface area contributed by atoms with Gasteiger partial charge in [-0.2, -0.15) is 39.5 Å². The number of aryl methyl sites for hydroxylation is 1. The summed E-state index contributed by atoms with van der Waals surface area (Å²) in [6.07, 6.45) is -6.27. The summed E-state index contributed by atoms with van der Waals surface area (Å²) in [6.45, 7) is 1.56. The lowest BCUT2D eigenvalue weighted by atomic mass is 9.99. The lowest BCUT2D eigenvalue weighted by molar-refractivity contribution is -0.366. The first-order valence-electron chi connectivity index (χ1n) is 6.38. The highest BCUT2D eigenvalue weighted by Crippen LogP contribution is 2.64. The maximum atomic E-state index is 13.9. The van der Waals surface area contributed by atoms with Crippen molar-refractivity contribution in [2.24, 2.45) is 0 Å². The molecule has 1 N–H and O–H groups in total. The van der Waals surface area contributed by atoms with Crippen molar-refractivity contribution in [1.82, 2.24) is 0 Å². The summed E-state index contributed by atoms with van der Waals surface area (Å²) < 4.78 is 122. The van der Waals surface area contributed by atoms with Gasteiger partial charge in [-0.25, -0.2) is 0 Å². The van der Waals surface area contributed by atoms with Crippen molar-refractivity contribution in [3.63, 3.8) is 0 Å². The molecule has 0 radical (unpaired) electrons. The average molecular weight is 381 g/mol. The third-order valence-corrected chi connectivity index (χ3v) is 3.43. The number of halogens is 9. The van der Waals surface area contributed by atoms with Crippen LogP contribution >= 0.6 is 0 Å². The molecule has 1 atom stereocenters. The van der Waals surface area contributed by atoms with E-state index in [2.05, 4.69) is 4.74 Å². The number of nitrogens with one attached hydrogen (secondary N) is 1. The fourth-order valence-corrected chi connectivity index (χ4v) is 1.94. The van der Waals surface area contributed by atoms with Crippen LogP contribution < -0.4 is 5.32 Å². The van der Waals surface area contributed by atoms with E-state index in [1.807, 2.05) is 0 Å². The summed E-state index contributed by atoms with van der Waals surface area (Å²) in [4.78, 5) is 11.4. The van der Waals surface area contributed by atoms with Crippen LogP contribution in [0.15, 0.2) is 24.3 Å². The molecule has 1 heterocycles. The highest BCUT2D eigenvalue weighted by atomic mass is 19.4. The van der Waals surface area contributed by atoms with Gasteiger partial charge in [0.25, 0.3) is 0 Å². The maximum absolute atomic E-state index is 13.9. The number of benzene rings is 1. The van der Waals surface area contributed by atoms with E-state index in [1.54, 1.807) is 6.92 Å². The maximum Gasteiger partial charge on any atom is 0.428 e. The molecular weight excluding hydrogens is 373 g/mol. The highest BCUT2D eigenvalue weighted by Gasteiger charge is 2.96. The average Bonchev–Trinajstić information content (AvgIpc) is 2.57. The lowest BCUT2D eigenvalue weighted by Crippen LogP contribution is -2.63. The molecule has 1 aliphatic heterocycles. The number of rotatable bonds is 3. The third kappa shape index (κ3) is 2.45. The minimum atomic E-state index is -6.70. The molecule has 0 unspecified atom stereocenters. The molecule has 1 amide bonds. The molecule has 1 aliphatic rings. The third-order valence-electron chi connectivity index (χ3n) is 3.43. The minimum absolute atomic E-state index is 0.446. The first-order chi connectivity index (χ1) is 11.1. The zero-order valence-electron chi connectivity index (χ0n) is 12.0. The van der Waals surface area contributed by atoms with Gasteiger partial charge in [-0.3, -0.25) is 9.53 Å². The van der Waals surface area contributed by atoms with E-state index in [0.29, 0.717) is 5.56 Å². The van der Waals surface area contributed by atoms with Crippen LogP contribution in [0.25, 0.3) is 0 Å². The number of hydrogen-bond acceptors (Lipinski definition) is 2. The Bertz CT molecular complexity index is 689. The van der Waals surface area contributed by atoms with Gasteiger partial charge in [0.1, 0.15) is 0 Å². The van der Waals surface area contributed by atoms with E-state index in [9.17, 15) is 44.3 Å². The van der Waals surface area contributed by atoms with Gasteiger partial charge in [-0.15, -0.1) is 0 Å². The molecule has 1 aromatic rings. The van der Waals surface area contributed by atoms with Gasteiger partial charge in [0, 0.05) is 5.69 Å². The number of anilines is 1. The molecule has 0 aromatic heterocycles.